The quantitative estimate of drug-likeness (QED) is 0.568. The van der Waals surface area contributed by atoms with Gasteiger partial charge in [0.15, 0.2) is 0 Å². The lowest BCUT2D eigenvalue weighted by molar-refractivity contribution is 0.413. The monoisotopic (exact) mass is 277 g/mol. The van der Waals surface area contributed by atoms with Crippen molar-refractivity contribution in [2.45, 2.75) is 64.8 Å². The molecular formula is C18H31NO. The minimum atomic E-state index is 0.394. The van der Waals surface area contributed by atoms with Crippen molar-refractivity contribution >= 4 is 0 Å². The van der Waals surface area contributed by atoms with Crippen LogP contribution >= 0.6 is 0 Å². The van der Waals surface area contributed by atoms with E-state index in [0.29, 0.717) is 6.04 Å². The second-order valence-corrected chi connectivity index (χ2v) is 5.57. The normalized spacial score (nSPS) is 12.3. The van der Waals surface area contributed by atoms with Crippen LogP contribution in [0.1, 0.15) is 70.4 Å². The molecule has 0 saturated carbocycles. The summed E-state index contributed by atoms with van der Waals surface area (Å²) >= 11 is 0. The maximum absolute atomic E-state index is 5.27. The molecular weight excluding hydrogens is 246 g/mol. The van der Waals surface area contributed by atoms with E-state index >= 15 is 0 Å². The zero-order valence-electron chi connectivity index (χ0n) is 13.5. The van der Waals surface area contributed by atoms with E-state index < -0.39 is 0 Å². The molecule has 0 aliphatic carbocycles. The second-order valence-electron chi connectivity index (χ2n) is 5.57. The molecule has 2 nitrogen and oxygen atoms in total. The van der Waals surface area contributed by atoms with Crippen LogP contribution in [0.25, 0.3) is 0 Å². The highest BCUT2D eigenvalue weighted by Crippen LogP contribution is 2.18. The van der Waals surface area contributed by atoms with Crippen LogP contribution in [0, 0.1) is 0 Å². The van der Waals surface area contributed by atoms with Crippen LogP contribution in [-0.4, -0.2) is 13.7 Å². The van der Waals surface area contributed by atoms with E-state index in [0.717, 1.165) is 12.3 Å². The molecule has 0 unspecified atom stereocenters. The molecule has 0 aliphatic rings. The largest absolute Gasteiger partial charge is 0.497 e. The summed E-state index contributed by atoms with van der Waals surface area (Å²) in [5.74, 6) is 0.937. The number of hydrogen-bond acceptors (Lipinski definition) is 2. The molecule has 0 spiro atoms. The standard InChI is InChI=1S/C18H31NO/c1-4-5-6-7-8-9-10-14-19-16(2)17-12-11-13-18(15-17)20-3/h11-13,15-16,19H,4-10,14H2,1-3H3/t16-/m1/s1. The SMILES string of the molecule is CCCCCCCCCN[C@H](C)c1cccc(OC)c1. The van der Waals surface area contributed by atoms with Gasteiger partial charge >= 0.3 is 0 Å². The van der Waals surface area contributed by atoms with E-state index in [4.69, 9.17) is 4.74 Å². The van der Waals surface area contributed by atoms with Crippen LogP contribution in [0.4, 0.5) is 0 Å². The molecule has 0 aliphatic heterocycles. The van der Waals surface area contributed by atoms with Gasteiger partial charge in [0.2, 0.25) is 0 Å². The average molecular weight is 277 g/mol. The summed E-state index contributed by atoms with van der Waals surface area (Å²) in [6, 6.07) is 8.71. The first-order chi connectivity index (χ1) is 9.77. The van der Waals surface area contributed by atoms with E-state index in [9.17, 15) is 0 Å². The third-order valence-electron chi connectivity index (χ3n) is 3.82. The van der Waals surface area contributed by atoms with Gasteiger partial charge in [-0.05, 0) is 37.6 Å². The van der Waals surface area contributed by atoms with E-state index in [1.54, 1.807) is 7.11 Å². The molecule has 1 atom stereocenters. The molecule has 1 aromatic rings. The number of rotatable bonds is 11. The van der Waals surface area contributed by atoms with Gasteiger partial charge in [-0.3, -0.25) is 0 Å². The summed E-state index contributed by atoms with van der Waals surface area (Å²) in [6.45, 7) is 5.59. The first kappa shape index (κ1) is 17.0. The molecule has 0 amide bonds. The van der Waals surface area contributed by atoms with Crippen molar-refractivity contribution < 1.29 is 4.74 Å². The minimum absolute atomic E-state index is 0.394. The zero-order valence-corrected chi connectivity index (χ0v) is 13.5. The maximum atomic E-state index is 5.27. The number of hydrogen-bond donors (Lipinski definition) is 1. The molecule has 2 heteroatoms. The Labute approximate surface area is 124 Å². The Bertz CT molecular complexity index is 351. The molecule has 0 radical (unpaired) electrons. The number of benzene rings is 1. The average Bonchev–Trinajstić information content (AvgIpc) is 2.49. The number of unbranched alkanes of at least 4 members (excludes halogenated alkanes) is 6. The zero-order chi connectivity index (χ0) is 14.6. The smallest absolute Gasteiger partial charge is 0.119 e. The van der Waals surface area contributed by atoms with Crippen molar-refractivity contribution in [3.05, 3.63) is 29.8 Å². The summed E-state index contributed by atoms with van der Waals surface area (Å²) in [5, 5.41) is 3.60. The third-order valence-corrected chi connectivity index (χ3v) is 3.82. The Balaban J connectivity index is 2.12. The van der Waals surface area contributed by atoms with Crippen LogP contribution in [0.5, 0.6) is 5.75 Å². The fraction of sp³-hybridized carbons (Fsp3) is 0.667. The summed E-state index contributed by atoms with van der Waals surface area (Å²) in [7, 11) is 1.72. The lowest BCUT2D eigenvalue weighted by Crippen LogP contribution is -2.19. The van der Waals surface area contributed by atoms with Crippen LogP contribution in [0.2, 0.25) is 0 Å². The third kappa shape index (κ3) is 6.95. The first-order valence-electron chi connectivity index (χ1n) is 8.15. The second kappa shape index (κ2) is 10.7. The van der Waals surface area contributed by atoms with Gasteiger partial charge in [0.05, 0.1) is 7.11 Å². The fourth-order valence-corrected chi connectivity index (χ4v) is 2.43. The molecule has 1 rings (SSSR count). The molecule has 0 bridgehead atoms. The van der Waals surface area contributed by atoms with E-state index in [2.05, 4.69) is 37.4 Å². The molecule has 1 N–H and O–H groups in total. The summed E-state index contributed by atoms with van der Waals surface area (Å²) < 4.78 is 5.27. The predicted octanol–water partition coefficient (Wildman–Crippen LogP) is 5.10. The van der Waals surface area contributed by atoms with Crippen LogP contribution < -0.4 is 10.1 Å². The first-order valence-corrected chi connectivity index (χ1v) is 8.15. The van der Waals surface area contributed by atoms with Crippen molar-refractivity contribution in [3.63, 3.8) is 0 Å². The maximum Gasteiger partial charge on any atom is 0.119 e. The van der Waals surface area contributed by atoms with Crippen LogP contribution in [0.15, 0.2) is 24.3 Å². The van der Waals surface area contributed by atoms with Crippen LogP contribution in [-0.2, 0) is 0 Å². The van der Waals surface area contributed by atoms with Gasteiger partial charge in [0.1, 0.15) is 5.75 Å². The van der Waals surface area contributed by atoms with Gasteiger partial charge in [0.25, 0.3) is 0 Å². The van der Waals surface area contributed by atoms with Gasteiger partial charge in [-0.15, -0.1) is 0 Å². The molecule has 20 heavy (non-hydrogen) atoms. The van der Waals surface area contributed by atoms with Crippen molar-refractivity contribution in [3.8, 4) is 5.75 Å². The molecule has 114 valence electrons. The number of methoxy groups -OCH3 is 1. The Morgan fingerprint density at radius 2 is 1.75 bits per heavy atom. The summed E-state index contributed by atoms with van der Waals surface area (Å²) in [5.41, 5.74) is 1.30. The Morgan fingerprint density at radius 3 is 2.45 bits per heavy atom. The Hall–Kier alpha value is -1.02. The Morgan fingerprint density at radius 1 is 1.05 bits per heavy atom. The lowest BCUT2D eigenvalue weighted by atomic mass is 10.1. The number of ether oxygens (including phenoxy) is 1. The Kier molecular flexibility index (Phi) is 9.14. The molecule has 0 fully saturated rings. The highest BCUT2D eigenvalue weighted by atomic mass is 16.5. The highest BCUT2D eigenvalue weighted by molar-refractivity contribution is 5.30. The predicted molar refractivity (Wildman–Crippen MR) is 87.4 cm³/mol. The molecule has 0 aromatic heterocycles. The van der Waals surface area contributed by atoms with Gasteiger partial charge in [-0.1, -0.05) is 57.6 Å². The van der Waals surface area contributed by atoms with Crippen molar-refractivity contribution in [1.29, 1.82) is 0 Å². The van der Waals surface area contributed by atoms with E-state index in [-0.39, 0.29) is 0 Å². The van der Waals surface area contributed by atoms with Crippen molar-refractivity contribution in [2.24, 2.45) is 0 Å². The van der Waals surface area contributed by atoms with E-state index in [1.165, 1.54) is 50.5 Å². The topological polar surface area (TPSA) is 21.3 Å². The fourth-order valence-electron chi connectivity index (χ4n) is 2.43. The van der Waals surface area contributed by atoms with Crippen molar-refractivity contribution in [1.82, 2.24) is 5.32 Å². The highest BCUT2D eigenvalue weighted by Gasteiger charge is 2.05. The van der Waals surface area contributed by atoms with Crippen LogP contribution in [0.3, 0.4) is 0 Å². The van der Waals surface area contributed by atoms with Gasteiger partial charge in [-0.25, -0.2) is 0 Å². The minimum Gasteiger partial charge on any atom is -0.497 e. The summed E-state index contributed by atoms with van der Waals surface area (Å²) in [6.07, 6.45) is 9.55. The van der Waals surface area contributed by atoms with E-state index in [1.807, 2.05) is 6.07 Å². The molecule has 0 saturated heterocycles. The van der Waals surface area contributed by atoms with Gasteiger partial charge in [0, 0.05) is 6.04 Å². The van der Waals surface area contributed by atoms with Gasteiger partial charge < -0.3 is 10.1 Å². The lowest BCUT2D eigenvalue weighted by Gasteiger charge is -2.15. The van der Waals surface area contributed by atoms with Crippen molar-refractivity contribution in [2.75, 3.05) is 13.7 Å². The number of nitrogens with one attached hydrogen (secondary N) is 1. The molecule has 1 aromatic carbocycles. The molecule has 0 heterocycles. The summed E-state index contributed by atoms with van der Waals surface area (Å²) in [4.78, 5) is 0. The van der Waals surface area contributed by atoms with Gasteiger partial charge in [-0.2, -0.15) is 0 Å².